The van der Waals surface area contributed by atoms with Crippen molar-refractivity contribution in [2.75, 3.05) is 53.9 Å². The highest BCUT2D eigenvalue weighted by Gasteiger charge is 2.35. The molecule has 1 aliphatic heterocycles. The van der Waals surface area contributed by atoms with Crippen LogP contribution in [0.25, 0.3) is 6.08 Å². The average Bonchev–Trinajstić information content (AvgIpc) is 2.65. The Morgan fingerprint density at radius 1 is 1.21 bits per heavy atom. The maximum atomic E-state index is 12.5. The van der Waals surface area contributed by atoms with Gasteiger partial charge in [0.15, 0.2) is 0 Å². The van der Waals surface area contributed by atoms with E-state index in [9.17, 15) is 9.90 Å². The number of rotatable bonds is 7. The number of nitrogens with zero attached hydrogens (tertiary/aromatic N) is 3. The van der Waals surface area contributed by atoms with Gasteiger partial charge in [0.2, 0.25) is 5.91 Å². The number of β-amino-alcohol motifs (C(OH)–C–C–N with tert-alkyl or cyclic N) is 1. The third kappa shape index (κ3) is 9.12. The topological polar surface area (TPSA) is 84.3 Å². The van der Waals surface area contributed by atoms with Gasteiger partial charge in [-0.1, -0.05) is 30.3 Å². The SMILES string of the molecule is CN(C)CCN(C)CC1(O)CCCN(C(=O)/C=C/c2ccccc2)C1.O=CO. The molecule has 0 aromatic heterocycles. The minimum atomic E-state index is -0.824. The molecule has 1 aliphatic rings. The van der Waals surface area contributed by atoms with Crippen molar-refractivity contribution < 1.29 is 19.8 Å². The van der Waals surface area contributed by atoms with E-state index in [1.807, 2.05) is 57.6 Å². The van der Waals surface area contributed by atoms with Gasteiger partial charge in [0.05, 0.1) is 12.1 Å². The van der Waals surface area contributed by atoms with Crippen molar-refractivity contribution in [2.45, 2.75) is 18.4 Å². The number of benzene rings is 1. The van der Waals surface area contributed by atoms with E-state index in [2.05, 4.69) is 9.80 Å². The molecule has 1 amide bonds. The number of amides is 1. The van der Waals surface area contributed by atoms with Crippen LogP contribution in [-0.4, -0.2) is 96.8 Å². The lowest BCUT2D eigenvalue weighted by Gasteiger charge is -2.41. The molecule has 0 spiro atoms. The molecule has 1 aromatic carbocycles. The number of likely N-dealkylation sites (N-methyl/N-ethyl adjacent to an activating group) is 2. The standard InChI is InChI=1S/C20H31N3O2.CH2O2/c1-21(2)14-15-22(3)16-20(25)12-7-13-23(17-20)19(24)11-10-18-8-5-4-6-9-18;2-1-3/h4-6,8-11,25H,7,12-17H2,1-3H3;1H,(H,2,3)/b11-10+;. The zero-order chi connectivity index (χ0) is 21.0. The number of piperidine rings is 1. The van der Waals surface area contributed by atoms with E-state index >= 15 is 0 Å². The molecule has 2 N–H and O–H groups in total. The highest BCUT2D eigenvalue weighted by molar-refractivity contribution is 5.91. The molecular weight excluding hydrogens is 358 g/mol. The first-order valence-electron chi connectivity index (χ1n) is 9.45. The summed E-state index contributed by atoms with van der Waals surface area (Å²) >= 11 is 0. The van der Waals surface area contributed by atoms with E-state index in [4.69, 9.17) is 9.90 Å². The first kappa shape index (κ1) is 23.8. The van der Waals surface area contributed by atoms with Crippen LogP contribution in [-0.2, 0) is 9.59 Å². The lowest BCUT2D eigenvalue weighted by Crippen LogP contribution is -2.55. The number of carboxylic acid groups (broad SMARTS) is 1. The van der Waals surface area contributed by atoms with Gasteiger partial charge in [-0.25, -0.2) is 0 Å². The Morgan fingerprint density at radius 2 is 1.86 bits per heavy atom. The summed E-state index contributed by atoms with van der Waals surface area (Å²) in [6.45, 7) is 3.30. The van der Waals surface area contributed by atoms with Crippen molar-refractivity contribution >= 4 is 18.5 Å². The third-order valence-electron chi connectivity index (χ3n) is 4.58. The summed E-state index contributed by atoms with van der Waals surface area (Å²) in [5.74, 6) is -0.0297. The molecular formula is C21H33N3O4. The molecule has 2 rings (SSSR count). The summed E-state index contributed by atoms with van der Waals surface area (Å²) in [4.78, 5) is 26.9. The Morgan fingerprint density at radius 3 is 2.46 bits per heavy atom. The Kier molecular flexibility index (Phi) is 10.4. The fraction of sp³-hybridized carbons (Fsp3) is 0.524. The second kappa shape index (κ2) is 12.3. The molecule has 0 bridgehead atoms. The summed E-state index contributed by atoms with van der Waals surface area (Å²) in [6.07, 6.45) is 5.02. The quantitative estimate of drug-likeness (QED) is 0.538. The minimum absolute atomic E-state index is 0.0297. The first-order valence-corrected chi connectivity index (χ1v) is 9.45. The molecule has 0 radical (unpaired) electrons. The Hall–Kier alpha value is -2.22. The molecule has 7 heteroatoms. The summed E-state index contributed by atoms with van der Waals surface area (Å²) in [5.41, 5.74) is 0.182. The number of hydrogen-bond acceptors (Lipinski definition) is 5. The number of carbonyl (C=O) groups is 2. The summed E-state index contributed by atoms with van der Waals surface area (Å²) in [7, 11) is 6.11. The Balaban J connectivity index is 0.00000122. The first-order chi connectivity index (χ1) is 13.3. The average molecular weight is 392 g/mol. The van der Waals surface area contributed by atoms with Gasteiger partial charge in [0.1, 0.15) is 0 Å². The number of likely N-dealkylation sites (tertiary alicyclic amines) is 1. The largest absolute Gasteiger partial charge is 0.483 e. The van der Waals surface area contributed by atoms with Crippen LogP contribution >= 0.6 is 0 Å². The van der Waals surface area contributed by atoms with Gasteiger partial charge < -0.3 is 24.9 Å². The van der Waals surface area contributed by atoms with Crippen molar-refractivity contribution in [1.29, 1.82) is 0 Å². The lowest BCUT2D eigenvalue weighted by atomic mass is 9.92. The zero-order valence-electron chi connectivity index (χ0n) is 17.1. The molecule has 1 saturated heterocycles. The van der Waals surface area contributed by atoms with Crippen molar-refractivity contribution in [2.24, 2.45) is 0 Å². The third-order valence-corrected chi connectivity index (χ3v) is 4.58. The molecule has 156 valence electrons. The molecule has 0 aliphatic carbocycles. The number of hydrogen-bond donors (Lipinski definition) is 2. The molecule has 1 unspecified atom stereocenters. The van der Waals surface area contributed by atoms with Crippen LogP contribution in [0.15, 0.2) is 36.4 Å². The van der Waals surface area contributed by atoms with Crippen LogP contribution in [0, 0.1) is 0 Å². The van der Waals surface area contributed by atoms with Crippen molar-refractivity contribution in [3.8, 4) is 0 Å². The lowest BCUT2D eigenvalue weighted by molar-refractivity contribution is -0.134. The molecule has 7 nitrogen and oxygen atoms in total. The number of carbonyl (C=O) groups excluding carboxylic acids is 1. The predicted octanol–water partition coefficient (Wildman–Crippen LogP) is 1.25. The van der Waals surface area contributed by atoms with E-state index in [1.165, 1.54) is 0 Å². The summed E-state index contributed by atoms with van der Waals surface area (Å²) in [5, 5.41) is 17.8. The van der Waals surface area contributed by atoms with Crippen molar-refractivity contribution in [3.05, 3.63) is 42.0 Å². The van der Waals surface area contributed by atoms with Crippen LogP contribution in [0.4, 0.5) is 0 Å². The van der Waals surface area contributed by atoms with Gasteiger partial charge in [0, 0.05) is 32.3 Å². The van der Waals surface area contributed by atoms with E-state index < -0.39 is 5.60 Å². The smallest absolute Gasteiger partial charge is 0.290 e. The van der Waals surface area contributed by atoms with Crippen LogP contribution < -0.4 is 0 Å². The number of aliphatic hydroxyl groups is 1. The fourth-order valence-electron chi connectivity index (χ4n) is 3.22. The maximum absolute atomic E-state index is 12.5. The summed E-state index contributed by atoms with van der Waals surface area (Å²) < 4.78 is 0. The van der Waals surface area contributed by atoms with E-state index in [0.717, 1.165) is 31.5 Å². The van der Waals surface area contributed by atoms with Gasteiger partial charge in [0.25, 0.3) is 6.47 Å². The molecule has 1 fully saturated rings. The van der Waals surface area contributed by atoms with Crippen LogP contribution in [0.2, 0.25) is 0 Å². The second-order valence-electron chi connectivity index (χ2n) is 7.48. The highest BCUT2D eigenvalue weighted by Crippen LogP contribution is 2.22. The van der Waals surface area contributed by atoms with Gasteiger partial charge in [-0.3, -0.25) is 9.59 Å². The van der Waals surface area contributed by atoms with Gasteiger partial charge >= 0.3 is 0 Å². The van der Waals surface area contributed by atoms with Crippen molar-refractivity contribution in [3.63, 3.8) is 0 Å². The van der Waals surface area contributed by atoms with Gasteiger partial charge in [-0.2, -0.15) is 0 Å². The normalized spacial score (nSPS) is 19.6. The second-order valence-corrected chi connectivity index (χ2v) is 7.48. The monoisotopic (exact) mass is 391 g/mol. The summed E-state index contributed by atoms with van der Waals surface area (Å²) in [6, 6.07) is 9.80. The van der Waals surface area contributed by atoms with Gasteiger partial charge in [-0.05, 0) is 45.6 Å². The highest BCUT2D eigenvalue weighted by atomic mass is 16.3. The molecule has 0 saturated carbocycles. The Bertz CT molecular complexity index is 621. The molecule has 28 heavy (non-hydrogen) atoms. The molecule has 1 heterocycles. The minimum Gasteiger partial charge on any atom is -0.483 e. The molecule has 1 aromatic rings. The van der Waals surface area contributed by atoms with E-state index in [-0.39, 0.29) is 12.4 Å². The van der Waals surface area contributed by atoms with E-state index in [1.54, 1.807) is 11.0 Å². The Labute approximate surface area is 167 Å². The zero-order valence-corrected chi connectivity index (χ0v) is 17.1. The van der Waals surface area contributed by atoms with Crippen LogP contribution in [0.1, 0.15) is 18.4 Å². The maximum Gasteiger partial charge on any atom is 0.290 e. The molecule has 1 atom stereocenters. The van der Waals surface area contributed by atoms with Crippen LogP contribution in [0.5, 0.6) is 0 Å². The van der Waals surface area contributed by atoms with Crippen LogP contribution in [0.3, 0.4) is 0 Å². The van der Waals surface area contributed by atoms with Crippen molar-refractivity contribution in [1.82, 2.24) is 14.7 Å². The van der Waals surface area contributed by atoms with Gasteiger partial charge in [-0.15, -0.1) is 0 Å². The fourth-order valence-corrected chi connectivity index (χ4v) is 3.22. The van der Waals surface area contributed by atoms with E-state index in [0.29, 0.717) is 19.6 Å². The predicted molar refractivity (Wildman–Crippen MR) is 111 cm³/mol.